The second kappa shape index (κ2) is 3.49. The van der Waals surface area contributed by atoms with Gasteiger partial charge in [-0.05, 0) is 48.6 Å². The van der Waals surface area contributed by atoms with E-state index < -0.39 is 0 Å². The molecule has 1 heterocycles. The smallest absolute Gasteiger partial charge is 0.115 e. The van der Waals surface area contributed by atoms with Crippen molar-refractivity contribution < 1.29 is 5.11 Å². The minimum absolute atomic E-state index is 0.198. The Hall–Kier alpha value is -1.02. The maximum absolute atomic E-state index is 9.74. The molecule has 1 fully saturated rings. The highest BCUT2D eigenvalue weighted by atomic mass is 16.3. The summed E-state index contributed by atoms with van der Waals surface area (Å²) in [4.78, 5) is 2.44. The highest BCUT2D eigenvalue weighted by Crippen LogP contribution is 2.48. The Morgan fingerprint density at radius 3 is 2.94 bits per heavy atom. The van der Waals surface area contributed by atoms with Gasteiger partial charge in [0.1, 0.15) is 5.75 Å². The van der Waals surface area contributed by atoms with Crippen LogP contribution in [0.4, 0.5) is 0 Å². The minimum Gasteiger partial charge on any atom is -0.508 e. The summed E-state index contributed by atoms with van der Waals surface area (Å²) in [5, 5.41) is 9.74. The van der Waals surface area contributed by atoms with Crippen molar-refractivity contribution in [3.8, 4) is 5.75 Å². The van der Waals surface area contributed by atoms with Crippen LogP contribution in [0, 0.1) is 11.8 Å². The average molecular weight is 231 g/mol. The van der Waals surface area contributed by atoms with Gasteiger partial charge in [-0.2, -0.15) is 0 Å². The molecule has 0 aromatic heterocycles. The molecular weight excluding hydrogens is 210 g/mol. The zero-order valence-corrected chi connectivity index (χ0v) is 10.9. The standard InChI is InChI=1S/C15H21NO/c1-10-12-6-11-4-5-13(17)7-14(11)15(10,2)9-16(3)8-12/h4-5,7,10,12,17H,6,8-9H2,1-3H3/t10-,12+,15-/m1/s1. The number of phenolic OH excluding ortho intramolecular Hbond substituents is 1. The van der Waals surface area contributed by atoms with Crippen molar-refractivity contribution in [2.45, 2.75) is 25.7 Å². The monoisotopic (exact) mass is 231 g/mol. The quantitative estimate of drug-likeness (QED) is 0.741. The molecule has 1 aromatic carbocycles. The Morgan fingerprint density at radius 1 is 1.41 bits per heavy atom. The largest absolute Gasteiger partial charge is 0.508 e. The number of hydrogen-bond acceptors (Lipinski definition) is 2. The molecule has 0 spiro atoms. The van der Waals surface area contributed by atoms with E-state index in [1.165, 1.54) is 17.7 Å². The first-order valence-corrected chi connectivity index (χ1v) is 6.51. The molecule has 92 valence electrons. The van der Waals surface area contributed by atoms with Crippen LogP contribution in [0.25, 0.3) is 0 Å². The molecule has 0 saturated carbocycles. The van der Waals surface area contributed by atoms with Crippen molar-refractivity contribution >= 4 is 0 Å². The van der Waals surface area contributed by atoms with E-state index in [9.17, 15) is 5.11 Å². The molecular formula is C15H21NO. The van der Waals surface area contributed by atoms with Crippen LogP contribution < -0.4 is 0 Å². The third-order valence-corrected chi connectivity index (χ3v) is 5.05. The summed E-state index contributed by atoms with van der Waals surface area (Å²) >= 11 is 0. The van der Waals surface area contributed by atoms with Crippen LogP contribution in [0.15, 0.2) is 18.2 Å². The van der Waals surface area contributed by atoms with E-state index in [-0.39, 0.29) is 5.41 Å². The van der Waals surface area contributed by atoms with Gasteiger partial charge in [0, 0.05) is 18.5 Å². The van der Waals surface area contributed by atoms with Crippen molar-refractivity contribution in [3.63, 3.8) is 0 Å². The van der Waals surface area contributed by atoms with E-state index in [1.807, 2.05) is 12.1 Å². The van der Waals surface area contributed by atoms with Crippen LogP contribution in [0.3, 0.4) is 0 Å². The predicted molar refractivity (Wildman–Crippen MR) is 69.3 cm³/mol. The fourth-order valence-corrected chi connectivity index (χ4v) is 3.98. The Kier molecular flexibility index (Phi) is 2.27. The number of likely N-dealkylation sites (N-methyl/N-ethyl adjacent to an activating group) is 1. The van der Waals surface area contributed by atoms with Crippen molar-refractivity contribution in [3.05, 3.63) is 29.3 Å². The molecule has 3 atom stereocenters. The number of aromatic hydroxyl groups is 1. The first-order valence-electron chi connectivity index (χ1n) is 6.51. The van der Waals surface area contributed by atoms with Gasteiger partial charge in [-0.15, -0.1) is 0 Å². The summed E-state index contributed by atoms with van der Waals surface area (Å²) in [5.41, 5.74) is 3.01. The van der Waals surface area contributed by atoms with E-state index >= 15 is 0 Å². The van der Waals surface area contributed by atoms with Crippen LogP contribution in [-0.4, -0.2) is 30.1 Å². The predicted octanol–water partition coefficient (Wildman–Crippen LogP) is 2.40. The fraction of sp³-hybridized carbons (Fsp3) is 0.600. The number of nitrogens with zero attached hydrogens (tertiary/aromatic N) is 1. The first kappa shape index (κ1) is 11.1. The lowest BCUT2D eigenvalue weighted by Gasteiger charge is -2.53. The Labute approximate surface area is 103 Å². The maximum Gasteiger partial charge on any atom is 0.115 e. The van der Waals surface area contributed by atoms with E-state index in [4.69, 9.17) is 0 Å². The summed E-state index contributed by atoms with van der Waals surface area (Å²) in [7, 11) is 2.21. The van der Waals surface area contributed by atoms with Gasteiger partial charge < -0.3 is 10.0 Å². The number of phenols is 1. The lowest BCUT2D eigenvalue weighted by atomic mass is 9.58. The van der Waals surface area contributed by atoms with E-state index in [1.54, 1.807) is 0 Å². The number of piperidine rings is 1. The summed E-state index contributed by atoms with van der Waals surface area (Å²) < 4.78 is 0. The fourth-order valence-electron chi connectivity index (χ4n) is 3.98. The molecule has 0 radical (unpaired) electrons. The number of fused-ring (bicyclic) bond motifs is 4. The summed E-state index contributed by atoms with van der Waals surface area (Å²) in [6.07, 6.45) is 1.16. The molecule has 2 aliphatic rings. The van der Waals surface area contributed by atoms with Gasteiger partial charge >= 0.3 is 0 Å². The van der Waals surface area contributed by atoms with E-state index in [0.29, 0.717) is 11.7 Å². The molecule has 3 rings (SSSR count). The molecule has 1 N–H and O–H groups in total. The van der Waals surface area contributed by atoms with Crippen molar-refractivity contribution in [2.24, 2.45) is 11.8 Å². The zero-order chi connectivity index (χ0) is 12.2. The van der Waals surface area contributed by atoms with Gasteiger partial charge in [0.2, 0.25) is 0 Å². The number of benzene rings is 1. The molecule has 17 heavy (non-hydrogen) atoms. The maximum atomic E-state index is 9.74. The number of likely N-dealkylation sites (tertiary alicyclic amines) is 1. The number of rotatable bonds is 0. The molecule has 1 aromatic rings. The van der Waals surface area contributed by atoms with Crippen molar-refractivity contribution in [1.82, 2.24) is 4.90 Å². The van der Waals surface area contributed by atoms with Crippen molar-refractivity contribution in [2.75, 3.05) is 20.1 Å². The Morgan fingerprint density at radius 2 is 2.18 bits per heavy atom. The van der Waals surface area contributed by atoms with Gasteiger partial charge in [0.15, 0.2) is 0 Å². The SMILES string of the molecule is C[C@@H]1[C@H]2Cc3ccc(O)cc3[C@]1(C)CN(C)C2. The van der Waals surface area contributed by atoms with Gasteiger partial charge in [-0.3, -0.25) is 0 Å². The third-order valence-electron chi connectivity index (χ3n) is 5.05. The highest BCUT2D eigenvalue weighted by molar-refractivity contribution is 5.43. The molecule has 2 nitrogen and oxygen atoms in total. The zero-order valence-electron chi connectivity index (χ0n) is 10.9. The Balaban J connectivity index is 2.16. The minimum atomic E-state index is 0.198. The molecule has 2 bridgehead atoms. The normalized spacial score (nSPS) is 36.6. The van der Waals surface area contributed by atoms with Gasteiger partial charge in [-0.25, -0.2) is 0 Å². The van der Waals surface area contributed by atoms with Crippen LogP contribution in [0.1, 0.15) is 25.0 Å². The first-order chi connectivity index (χ1) is 8.00. The molecule has 1 saturated heterocycles. The Bertz CT molecular complexity index is 456. The molecule has 0 amide bonds. The highest BCUT2D eigenvalue weighted by Gasteiger charge is 2.47. The second-order valence-corrected chi connectivity index (χ2v) is 6.21. The molecule has 1 aliphatic heterocycles. The number of hydrogen-bond donors (Lipinski definition) is 1. The summed E-state index contributed by atoms with van der Waals surface area (Å²) in [6, 6.07) is 5.94. The van der Waals surface area contributed by atoms with Gasteiger partial charge in [-0.1, -0.05) is 19.9 Å². The van der Waals surface area contributed by atoms with Crippen LogP contribution in [0.5, 0.6) is 5.75 Å². The van der Waals surface area contributed by atoms with Gasteiger partial charge in [0.05, 0.1) is 0 Å². The average Bonchev–Trinajstić information content (AvgIpc) is 2.25. The topological polar surface area (TPSA) is 23.5 Å². The molecule has 1 aliphatic carbocycles. The van der Waals surface area contributed by atoms with E-state index in [2.05, 4.69) is 31.9 Å². The molecule has 0 unspecified atom stereocenters. The lowest BCUT2D eigenvalue weighted by Crippen LogP contribution is -2.55. The van der Waals surface area contributed by atoms with Crippen LogP contribution in [0.2, 0.25) is 0 Å². The van der Waals surface area contributed by atoms with Crippen molar-refractivity contribution in [1.29, 1.82) is 0 Å². The summed E-state index contributed by atoms with van der Waals surface area (Å²) in [6.45, 7) is 7.04. The molecule has 2 heteroatoms. The third kappa shape index (κ3) is 1.50. The van der Waals surface area contributed by atoms with E-state index in [0.717, 1.165) is 18.9 Å². The lowest BCUT2D eigenvalue weighted by molar-refractivity contribution is 0.0574. The summed E-state index contributed by atoms with van der Waals surface area (Å²) in [5.74, 6) is 1.87. The van der Waals surface area contributed by atoms with Crippen LogP contribution >= 0.6 is 0 Å². The second-order valence-electron chi connectivity index (χ2n) is 6.21. The van der Waals surface area contributed by atoms with Crippen LogP contribution in [-0.2, 0) is 11.8 Å². The van der Waals surface area contributed by atoms with Gasteiger partial charge in [0.25, 0.3) is 0 Å².